The second kappa shape index (κ2) is 5.01. The zero-order valence-electron chi connectivity index (χ0n) is 12.9. The summed E-state index contributed by atoms with van der Waals surface area (Å²) in [7, 11) is 0. The van der Waals surface area contributed by atoms with Gasteiger partial charge >= 0.3 is 0 Å². The highest BCUT2D eigenvalue weighted by Crippen LogP contribution is 2.48. The van der Waals surface area contributed by atoms with E-state index in [-0.39, 0.29) is 0 Å². The maximum atomic E-state index is 5.61. The molecule has 19 heavy (non-hydrogen) atoms. The molecule has 0 aromatic carbocycles. The highest BCUT2D eigenvalue weighted by atomic mass is 16.5. The number of piperazine rings is 1. The van der Waals surface area contributed by atoms with E-state index < -0.39 is 0 Å². The van der Waals surface area contributed by atoms with Crippen molar-refractivity contribution in [2.45, 2.75) is 57.5 Å². The molecule has 0 aromatic rings. The molecule has 0 bridgehead atoms. The summed E-state index contributed by atoms with van der Waals surface area (Å²) in [4.78, 5) is 2.75. The maximum absolute atomic E-state index is 5.61. The minimum absolute atomic E-state index is 0.348. The van der Waals surface area contributed by atoms with Crippen LogP contribution in [0.15, 0.2) is 0 Å². The molecule has 2 unspecified atom stereocenters. The first-order valence-corrected chi connectivity index (χ1v) is 8.16. The fourth-order valence-electron chi connectivity index (χ4n) is 3.88. The second-order valence-corrected chi connectivity index (χ2v) is 7.30. The van der Waals surface area contributed by atoms with Gasteiger partial charge in [-0.25, -0.2) is 0 Å². The SMILES string of the molecule is CCOCCN1CC(C)(C2CC2)NCC1(C)C1CC1. The normalized spacial score (nSPS) is 40.6. The van der Waals surface area contributed by atoms with E-state index >= 15 is 0 Å². The lowest BCUT2D eigenvalue weighted by Crippen LogP contribution is -2.70. The molecule has 3 fully saturated rings. The molecule has 0 spiro atoms. The highest BCUT2D eigenvalue weighted by Gasteiger charge is 2.53. The summed E-state index contributed by atoms with van der Waals surface area (Å²) >= 11 is 0. The Morgan fingerprint density at radius 1 is 1.16 bits per heavy atom. The van der Waals surface area contributed by atoms with Gasteiger partial charge < -0.3 is 10.1 Å². The van der Waals surface area contributed by atoms with Crippen LogP contribution in [0.25, 0.3) is 0 Å². The van der Waals surface area contributed by atoms with Crippen molar-refractivity contribution in [2.75, 3.05) is 32.8 Å². The van der Waals surface area contributed by atoms with E-state index in [0.29, 0.717) is 11.1 Å². The van der Waals surface area contributed by atoms with Crippen LogP contribution in [0.2, 0.25) is 0 Å². The first kappa shape index (κ1) is 13.8. The van der Waals surface area contributed by atoms with Crippen LogP contribution in [-0.4, -0.2) is 48.8 Å². The second-order valence-electron chi connectivity index (χ2n) is 7.30. The molecule has 0 radical (unpaired) electrons. The Hall–Kier alpha value is -0.120. The molecule has 2 aliphatic carbocycles. The monoisotopic (exact) mass is 266 g/mol. The molecule has 110 valence electrons. The molecule has 1 heterocycles. The summed E-state index contributed by atoms with van der Waals surface area (Å²) in [5, 5.41) is 3.91. The van der Waals surface area contributed by atoms with Crippen LogP contribution in [-0.2, 0) is 4.74 Å². The Morgan fingerprint density at radius 3 is 2.42 bits per heavy atom. The van der Waals surface area contributed by atoms with Crippen molar-refractivity contribution in [3.05, 3.63) is 0 Å². The van der Waals surface area contributed by atoms with Gasteiger partial charge in [-0.05, 0) is 58.3 Å². The average molecular weight is 266 g/mol. The van der Waals surface area contributed by atoms with Crippen LogP contribution in [0.3, 0.4) is 0 Å². The van der Waals surface area contributed by atoms with Crippen molar-refractivity contribution >= 4 is 0 Å². The van der Waals surface area contributed by atoms with Gasteiger partial charge in [-0.1, -0.05) is 0 Å². The largest absolute Gasteiger partial charge is 0.380 e. The van der Waals surface area contributed by atoms with Gasteiger partial charge in [-0.3, -0.25) is 4.90 Å². The molecular weight excluding hydrogens is 236 g/mol. The first-order chi connectivity index (χ1) is 9.08. The summed E-state index contributed by atoms with van der Waals surface area (Å²) < 4.78 is 5.61. The third-order valence-electron chi connectivity index (χ3n) is 5.74. The Balaban J connectivity index is 1.67. The minimum Gasteiger partial charge on any atom is -0.380 e. The van der Waals surface area contributed by atoms with Crippen LogP contribution in [0, 0.1) is 11.8 Å². The lowest BCUT2D eigenvalue weighted by atomic mass is 9.83. The van der Waals surface area contributed by atoms with E-state index in [1.54, 1.807) is 0 Å². The van der Waals surface area contributed by atoms with E-state index in [0.717, 1.165) is 38.1 Å². The summed E-state index contributed by atoms with van der Waals surface area (Å²) in [5.74, 6) is 1.82. The lowest BCUT2D eigenvalue weighted by Gasteiger charge is -2.53. The third-order valence-corrected chi connectivity index (χ3v) is 5.74. The molecule has 3 nitrogen and oxygen atoms in total. The number of nitrogens with zero attached hydrogens (tertiary/aromatic N) is 1. The molecule has 3 aliphatic rings. The molecule has 2 atom stereocenters. The van der Waals surface area contributed by atoms with Crippen molar-refractivity contribution in [3.63, 3.8) is 0 Å². The van der Waals surface area contributed by atoms with E-state index in [9.17, 15) is 0 Å². The van der Waals surface area contributed by atoms with Crippen molar-refractivity contribution in [1.82, 2.24) is 10.2 Å². The molecule has 1 aliphatic heterocycles. The summed E-state index contributed by atoms with van der Waals surface area (Å²) in [6.45, 7) is 12.2. The van der Waals surface area contributed by atoms with Crippen molar-refractivity contribution in [1.29, 1.82) is 0 Å². The lowest BCUT2D eigenvalue weighted by molar-refractivity contribution is -0.0187. The Bertz CT molecular complexity index is 327. The molecule has 1 N–H and O–H groups in total. The number of hydrogen-bond donors (Lipinski definition) is 1. The van der Waals surface area contributed by atoms with Crippen molar-refractivity contribution in [3.8, 4) is 0 Å². The molecule has 3 rings (SSSR count). The predicted molar refractivity (Wildman–Crippen MR) is 78.3 cm³/mol. The fraction of sp³-hybridized carbons (Fsp3) is 1.00. The molecule has 2 saturated carbocycles. The Labute approximate surface area is 118 Å². The number of rotatable bonds is 6. The Morgan fingerprint density at radius 2 is 1.84 bits per heavy atom. The van der Waals surface area contributed by atoms with E-state index in [4.69, 9.17) is 4.74 Å². The van der Waals surface area contributed by atoms with Crippen molar-refractivity contribution < 1.29 is 4.74 Å². The Kier molecular flexibility index (Phi) is 3.65. The highest BCUT2D eigenvalue weighted by molar-refractivity contribution is 5.11. The maximum Gasteiger partial charge on any atom is 0.0593 e. The number of hydrogen-bond acceptors (Lipinski definition) is 3. The number of nitrogens with one attached hydrogen (secondary N) is 1. The van der Waals surface area contributed by atoms with Gasteiger partial charge in [0.1, 0.15) is 0 Å². The molecule has 0 amide bonds. The van der Waals surface area contributed by atoms with Crippen LogP contribution in [0.4, 0.5) is 0 Å². The first-order valence-electron chi connectivity index (χ1n) is 8.16. The molecule has 0 aromatic heterocycles. The average Bonchev–Trinajstić information content (AvgIpc) is 3.25. The van der Waals surface area contributed by atoms with Gasteiger partial charge in [0.15, 0.2) is 0 Å². The van der Waals surface area contributed by atoms with Gasteiger partial charge in [0.25, 0.3) is 0 Å². The minimum atomic E-state index is 0.348. The number of ether oxygens (including phenoxy) is 1. The van der Waals surface area contributed by atoms with Gasteiger partial charge in [0, 0.05) is 37.3 Å². The van der Waals surface area contributed by atoms with E-state index in [1.165, 1.54) is 32.2 Å². The van der Waals surface area contributed by atoms with Crippen LogP contribution in [0.5, 0.6) is 0 Å². The summed E-state index contributed by atoms with van der Waals surface area (Å²) in [6.07, 6.45) is 5.68. The molecule has 1 saturated heterocycles. The van der Waals surface area contributed by atoms with Gasteiger partial charge in [0.2, 0.25) is 0 Å². The van der Waals surface area contributed by atoms with Crippen LogP contribution >= 0.6 is 0 Å². The zero-order valence-corrected chi connectivity index (χ0v) is 12.9. The van der Waals surface area contributed by atoms with Gasteiger partial charge in [-0.2, -0.15) is 0 Å². The summed E-state index contributed by atoms with van der Waals surface area (Å²) in [6, 6.07) is 0. The zero-order chi connectivity index (χ0) is 13.5. The van der Waals surface area contributed by atoms with Gasteiger partial charge in [-0.15, -0.1) is 0 Å². The quantitative estimate of drug-likeness (QED) is 0.746. The predicted octanol–water partition coefficient (Wildman–Crippen LogP) is 2.27. The molecule has 3 heteroatoms. The van der Waals surface area contributed by atoms with E-state index in [2.05, 4.69) is 31.0 Å². The van der Waals surface area contributed by atoms with E-state index in [1.807, 2.05) is 0 Å². The topological polar surface area (TPSA) is 24.5 Å². The molecular formula is C16H30N2O. The smallest absolute Gasteiger partial charge is 0.0593 e. The van der Waals surface area contributed by atoms with Crippen LogP contribution < -0.4 is 5.32 Å². The fourth-order valence-corrected chi connectivity index (χ4v) is 3.88. The van der Waals surface area contributed by atoms with Crippen LogP contribution in [0.1, 0.15) is 46.5 Å². The standard InChI is InChI=1S/C16H30N2O/c1-4-19-10-9-18-12-15(2,13-5-6-13)17-11-16(18,3)14-7-8-14/h13-14,17H,4-12H2,1-3H3. The third kappa shape index (κ3) is 2.70. The summed E-state index contributed by atoms with van der Waals surface area (Å²) in [5.41, 5.74) is 0.714. The van der Waals surface area contributed by atoms with Crippen molar-refractivity contribution in [2.24, 2.45) is 11.8 Å². The van der Waals surface area contributed by atoms with Gasteiger partial charge in [0.05, 0.1) is 6.61 Å².